The summed E-state index contributed by atoms with van der Waals surface area (Å²) in [6, 6.07) is 10.0. The molecule has 1 aliphatic rings. The van der Waals surface area contributed by atoms with E-state index in [1.165, 1.54) is 12.8 Å². The topological polar surface area (TPSA) is 58.1 Å². The molecule has 1 saturated heterocycles. The average molecular weight is 385 g/mol. The van der Waals surface area contributed by atoms with E-state index >= 15 is 0 Å². The number of rotatable bonds is 6. The third kappa shape index (κ3) is 4.11. The molecule has 7 heteroatoms. The number of nitrogens with zero attached hydrogens (tertiary/aromatic N) is 3. The molecular formula is C19H20N4OS2. The minimum Gasteiger partial charge on any atom is -0.350 e. The van der Waals surface area contributed by atoms with Gasteiger partial charge in [0.2, 0.25) is 5.91 Å². The van der Waals surface area contributed by atoms with Crippen LogP contribution in [-0.4, -0.2) is 29.0 Å². The van der Waals surface area contributed by atoms with Crippen molar-refractivity contribution in [2.45, 2.75) is 25.8 Å². The molecule has 1 aliphatic heterocycles. The first-order chi connectivity index (χ1) is 12.8. The first-order valence-electron chi connectivity index (χ1n) is 8.74. The lowest BCUT2D eigenvalue weighted by molar-refractivity contribution is -0.120. The number of thiazole rings is 2. The highest BCUT2D eigenvalue weighted by molar-refractivity contribution is 7.13. The van der Waals surface area contributed by atoms with Gasteiger partial charge in [-0.15, -0.1) is 22.7 Å². The minimum atomic E-state index is -0.0226. The van der Waals surface area contributed by atoms with E-state index in [4.69, 9.17) is 0 Å². The summed E-state index contributed by atoms with van der Waals surface area (Å²) in [5.74, 6) is -0.0226. The predicted octanol–water partition coefficient (Wildman–Crippen LogP) is 3.73. The average Bonchev–Trinajstić information content (AvgIpc) is 3.41. The Balaban J connectivity index is 1.30. The second-order valence-corrected chi connectivity index (χ2v) is 7.97. The van der Waals surface area contributed by atoms with Crippen LogP contribution >= 0.6 is 22.7 Å². The highest BCUT2D eigenvalue weighted by Crippen LogP contribution is 2.25. The Kier molecular flexibility index (Phi) is 5.26. The first kappa shape index (κ1) is 17.2. The maximum Gasteiger partial charge on any atom is 0.226 e. The van der Waals surface area contributed by atoms with Gasteiger partial charge in [0.05, 0.1) is 24.4 Å². The van der Waals surface area contributed by atoms with E-state index < -0.39 is 0 Å². The fraction of sp³-hybridized carbons (Fsp3) is 0.316. The van der Waals surface area contributed by atoms with Crippen molar-refractivity contribution in [3.05, 3.63) is 52.5 Å². The number of anilines is 1. The second-order valence-electron chi connectivity index (χ2n) is 6.28. The Morgan fingerprint density at radius 2 is 1.81 bits per heavy atom. The van der Waals surface area contributed by atoms with Crippen molar-refractivity contribution < 1.29 is 4.79 Å². The van der Waals surface area contributed by atoms with Crippen LogP contribution in [0.1, 0.15) is 24.2 Å². The molecule has 26 heavy (non-hydrogen) atoms. The van der Waals surface area contributed by atoms with Crippen molar-refractivity contribution in [3.8, 4) is 10.6 Å². The number of benzene rings is 1. The molecule has 1 fully saturated rings. The fourth-order valence-corrected chi connectivity index (χ4v) is 4.65. The summed E-state index contributed by atoms with van der Waals surface area (Å²) < 4.78 is 0. The monoisotopic (exact) mass is 384 g/mol. The zero-order valence-electron chi connectivity index (χ0n) is 14.4. The third-order valence-corrected chi connectivity index (χ3v) is 6.19. The van der Waals surface area contributed by atoms with Gasteiger partial charge in [0.25, 0.3) is 0 Å². The van der Waals surface area contributed by atoms with Gasteiger partial charge >= 0.3 is 0 Å². The van der Waals surface area contributed by atoms with Crippen molar-refractivity contribution in [1.29, 1.82) is 0 Å². The Hall–Kier alpha value is -2.25. The van der Waals surface area contributed by atoms with E-state index in [9.17, 15) is 4.79 Å². The number of nitrogens with one attached hydrogen (secondary N) is 1. The van der Waals surface area contributed by atoms with E-state index in [-0.39, 0.29) is 5.91 Å². The Morgan fingerprint density at radius 1 is 1.04 bits per heavy atom. The summed E-state index contributed by atoms with van der Waals surface area (Å²) >= 11 is 3.23. The molecule has 1 aromatic carbocycles. The molecule has 1 amide bonds. The largest absolute Gasteiger partial charge is 0.350 e. The summed E-state index contributed by atoms with van der Waals surface area (Å²) in [5.41, 5.74) is 2.82. The molecule has 0 saturated carbocycles. The molecular weight excluding hydrogens is 364 g/mol. The highest BCUT2D eigenvalue weighted by atomic mass is 32.1. The maximum atomic E-state index is 12.2. The lowest BCUT2D eigenvalue weighted by atomic mass is 10.2. The molecule has 0 aliphatic carbocycles. The van der Waals surface area contributed by atoms with E-state index in [0.29, 0.717) is 13.0 Å². The molecule has 1 N–H and O–H groups in total. The van der Waals surface area contributed by atoms with Crippen molar-refractivity contribution in [2.24, 2.45) is 0 Å². The SMILES string of the molecule is O=C(Cc1csc(-c2ccccc2)n1)NCc1csc(N2CCCC2)n1. The van der Waals surface area contributed by atoms with Crippen molar-refractivity contribution in [1.82, 2.24) is 15.3 Å². The molecule has 3 heterocycles. The van der Waals surface area contributed by atoms with Crippen LogP contribution in [0.25, 0.3) is 10.6 Å². The summed E-state index contributed by atoms with van der Waals surface area (Å²) in [6.07, 6.45) is 2.78. The second kappa shape index (κ2) is 7.97. The normalized spacial score (nSPS) is 13.9. The smallest absolute Gasteiger partial charge is 0.226 e. The Bertz CT molecular complexity index is 869. The summed E-state index contributed by atoms with van der Waals surface area (Å²) in [5, 5.41) is 8.95. The molecule has 134 valence electrons. The standard InChI is InChI=1S/C19H20N4OS2/c24-17(10-15-12-25-18(21-15)14-6-2-1-3-7-14)20-11-16-13-26-19(22-16)23-8-4-5-9-23/h1-3,6-7,12-13H,4-5,8-11H2,(H,20,24). The van der Waals surface area contributed by atoms with E-state index in [1.807, 2.05) is 41.1 Å². The summed E-state index contributed by atoms with van der Waals surface area (Å²) in [6.45, 7) is 2.65. The number of aromatic nitrogens is 2. The number of hydrogen-bond donors (Lipinski definition) is 1. The number of carbonyl (C=O) groups excluding carboxylic acids is 1. The predicted molar refractivity (Wildman–Crippen MR) is 107 cm³/mol. The van der Waals surface area contributed by atoms with Gasteiger partial charge in [0.15, 0.2) is 5.13 Å². The van der Waals surface area contributed by atoms with Crippen molar-refractivity contribution >= 4 is 33.7 Å². The zero-order chi connectivity index (χ0) is 17.8. The number of hydrogen-bond acceptors (Lipinski definition) is 6. The van der Waals surface area contributed by atoms with Gasteiger partial charge in [-0.3, -0.25) is 4.79 Å². The van der Waals surface area contributed by atoms with Crippen LogP contribution in [0.15, 0.2) is 41.1 Å². The highest BCUT2D eigenvalue weighted by Gasteiger charge is 2.16. The molecule has 0 bridgehead atoms. The molecule has 3 aromatic rings. The van der Waals surface area contributed by atoms with Gasteiger partial charge in [-0.05, 0) is 12.8 Å². The van der Waals surface area contributed by atoms with Crippen LogP contribution in [0.3, 0.4) is 0 Å². The molecule has 4 rings (SSSR count). The molecule has 0 radical (unpaired) electrons. The minimum absolute atomic E-state index is 0.0226. The van der Waals surface area contributed by atoms with Crippen LogP contribution in [0, 0.1) is 0 Å². The van der Waals surface area contributed by atoms with Crippen molar-refractivity contribution in [3.63, 3.8) is 0 Å². The maximum absolute atomic E-state index is 12.2. The quantitative estimate of drug-likeness (QED) is 0.704. The van der Waals surface area contributed by atoms with Crippen LogP contribution in [0.5, 0.6) is 0 Å². The van der Waals surface area contributed by atoms with Gasteiger partial charge in [-0.1, -0.05) is 30.3 Å². The van der Waals surface area contributed by atoms with Gasteiger partial charge in [-0.2, -0.15) is 0 Å². The Labute approximate surface area is 160 Å². The van der Waals surface area contributed by atoms with Crippen molar-refractivity contribution in [2.75, 3.05) is 18.0 Å². The van der Waals surface area contributed by atoms with Gasteiger partial charge in [0.1, 0.15) is 5.01 Å². The zero-order valence-corrected chi connectivity index (χ0v) is 16.0. The first-order valence-corrected chi connectivity index (χ1v) is 10.5. The van der Waals surface area contributed by atoms with Crippen LogP contribution in [0.2, 0.25) is 0 Å². The third-order valence-electron chi connectivity index (χ3n) is 4.30. The summed E-state index contributed by atoms with van der Waals surface area (Å²) in [7, 11) is 0. The van der Waals surface area contributed by atoms with Gasteiger partial charge in [0, 0.05) is 29.4 Å². The van der Waals surface area contributed by atoms with Crippen LogP contribution in [0.4, 0.5) is 5.13 Å². The van der Waals surface area contributed by atoms with Gasteiger partial charge in [-0.25, -0.2) is 9.97 Å². The van der Waals surface area contributed by atoms with E-state index in [1.54, 1.807) is 22.7 Å². The number of carbonyl (C=O) groups is 1. The molecule has 0 spiro atoms. The molecule has 5 nitrogen and oxygen atoms in total. The van der Waals surface area contributed by atoms with E-state index in [2.05, 4.69) is 20.2 Å². The summed E-state index contributed by atoms with van der Waals surface area (Å²) in [4.78, 5) is 23.7. The van der Waals surface area contributed by atoms with Crippen LogP contribution in [-0.2, 0) is 17.8 Å². The Morgan fingerprint density at radius 3 is 2.62 bits per heavy atom. The molecule has 0 atom stereocenters. The lowest BCUT2D eigenvalue weighted by Crippen LogP contribution is -2.25. The van der Waals surface area contributed by atoms with E-state index in [0.717, 1.165) is 40.2 Å². The number of amides is 1. The molecule has 0 unspecified atom stereocenters. The molecule has 2 aromatic heterocycles. The fourth-order valence-electron chi connectivity index (χ4n) is 2.95. The lowest BCUT2D eigenvalue weighted by Gasteiger charge is -2.12. The van der Waals surface area contributed by atoms with Crippen LogP contribution < -0.4 is 10.2 Å². The van der Waals surface area contributed by atoms with Gasteiger partial charge < -0.3 is 10.2 Å².